The molecule has 1 heterocycles. The lowest BCUT2D eigenvalue weighted by atomic mass is 10.00. The van der Waals surface area contributed by atoms with Gasteiger partial charge in [-0.15, -0.1) is 0 Å². The number of likely N-dealkylation sites (tertiary alicyclic amines) is 1. The maximum absolute atomic E-state index is 14.6. The largest absolute Gasteiger partial charge is 0.370 e. The number of amides is 7. The van der Waals surface area contributed by atoms with Crippen LogP contribution in [0.1, 0.15) is 96.6 Å². The van der Waals surface area contributed by atoms with E-state index in [4.69, 9.17) is 28.7 Å². The predicted octanol–water partition coefficient (Wildman–Crippen LogP) is -0.0384. The van der Waals surface area contributed by atoms with Crippen molar-refractivity contribution in [1.29, 1.82) is 0 Å². The molecule has 0 saturated carbocycles. The van der Waals surface area contributed by atoms with Crippen molar-refractivity contribution in [3.05, 3.63) is 71.8 Å². The maximum atomic E-state index is 14.6. The minimum atomic E-state index is -1.19. The van der Waals surface area contributed by atoms with Crippen LogP contribution in [0, 0.1) is 11.8 Å². The molecule has 0 aliphatic carbocycles. The fourth-order valence-electron chi connectivity index (χ4n) is 7.77. The summed E-state index contributed by atoms with van der Waals surface area (Å²) in [5, 5.41) is 14.0. The zero-order chi connectivity index (χ0) is 49.5. The molecule has 2 aromatic carbocycles. The first kappa shape index (κ1) is 54.6. The zero-order valence-electron chi connectivity index (χ0n) is 39.4. The van der Waals surface area contributed by atoms with Gasteiger partial charge in [0.25, 0.3) is 0 Å². The second kappa shape index (κ2) is 28.3. The van der Waals surface area contributed by atoms with E-state index >= 15 is 0 Å². The van der Waals surface area contributed by atoms with E-state index in [1.807, 2.05) is 76.2 Å². The molecule has 15 N–H and O–H groups in total. The van der Waals surface area contributed by atoms with Gasteiger partial charge in [0.05, 0.1) is 0 Å². The van der Waals surface area contributed by atoms with Crippen LogP contribution in [-0.2, 0) is 46.4 Å². The number of aliphatic imine (C=N–C) groups is 2. The average molecular weight is 932 g/mol. The Hall–Kier alpha value is -6.73. The molecule has 1 aliphatic heterocycles. The molecule has 0 unspecified atom stereocenters. The topological polar surface area (TPSA) is 338 Å². The second-order valence-corrected chi connectivity index (χ2v) is 17.8. The summed E-state index contributed by atoms with van der Waals surface area (Å²) in [6.45, 7) is 8.06. The van der Waals surface area contributed by atoms with Crippen molar-refractivity contribution in [2.24, 2.45) is 50.5 Å². The molecule has 0 radical (unpaired) electrons. The Balaban J connectivity index is 1.88. The van der Waals surface area contributed by atoms with Gasteiger partial charge >= 0.3 is 0 Å². The molecule has 0 spiro atoms. The van der Waals surface area contributed by atoms with Crippen LogP contribution in [-0.4, -0.2) is 114 Å². The van der Waals surface area contributed by atoms with Crippen LogP contribution < -0.4 is 55.3 Å². The lowest BCUT2D eigenvalue weighted by Gasteiger charge is -2.31. The number of aryl methyl sites for hydroxylation is 1. The fraction of sp³-hybridized carbons (Fsp3) is 0.553. The third-order valence-electron chi connectivity index (χ3n) is 11.1. The maximum Gasteiger partial charge on any atom is 0.245 e. The number of guanidine groups is 2. The molecule has 0 aromatic heterocycles. The first-order valence-electron chi connectivity index (χ1n) is 23.1. The Morgan fingerprint density at radius 3 is 1.66 bits per heavy atom. The third-order valence-corrected chi connectivity index (χ3v) is 11.1. The number of nitrogens with two attached hydrogens (primary N) is 5. The fourth-order valence-corrected chi connectivity index (χ4v) is 7.77. The number of carbonyl (C=O) groups excluding carboxylic acids is 7. The molecule has 20 heteroatoms. The van der Waals surface area contributed by atoms with Crippen molar-refractivity contribution in [2.75, 3.05) is 19.6 Å². The van der Waals surface area contributed by atoms with E-state index in [0.29, 0.717) is 25.7 Å². The standard InChI is InChI=1S/C47H73N13O7/c1-29(2)26-35(40(48)62)58-41(63)33(18-11-23-53-46(49)50)56-44(66)38-20-13-25-60(38)45(67)34(19-12-24-54-47(51)52)57-43(65)37(28-32-16-9-6-10-17-32)59-42(64)36(27-30(3)4)55-39(61)22-21-31-14-7-5-8-15-31/h5-10,14-17,29-30,33-38H,11-13,18-28H2,1-4H3,(H2,48,62)(H,55,61)(H,56,66)(H,57,65)(H,58,63)(H,59,64)(H4,49,50,53)(H4,51,52,54)/t33-,34-,35-,36-,37-,38-/m0/s1. The minimum absolute atomic E-state index is 0.00990. The Kier molecular flexibility index (Phi) is 23.1. The van der Waals surface area contributed by atoms with Gasteiger partial charge in [0, 0.05) is 32.5 Å². The molecule has 0 bridgehead atoms. The quantitative estimate of drug-likeness (QED) is 0.0307. The Morgan fingerprint density at radius 1 is 0.612 bits per heavy atom. The van der Waals surface area contributed by atoms with Gasteiger partial charge in [-0.2, -0.15) is 0 Å². The van der Waals surface area contributed by atoms with E-state index in [1.54, 1.807) is 12.1 Å². The summed E-state index contributed by atoms with van der Waals surface area (Å²) in [4.78, 5) is 106. The highest BCUT2D eigenvalue weighted by Gasteiger charge is 2.40. The molecule has 3 rings (SSSR count). The Labute approximate surface area is 393 Å². The molecular formula is C47H73N13O7. The summed E-state index contributed by atoms with van der Waals surface area (Å²) in [5.41, 5.74) is 29.4. The van der Waals surface area contributed by atoms with Crippen LogP contribution in [0.2, 0.25) is 0 Å². The number of nitrogens with zero attached hydrogens (tertiary/aromatic N) is 3. The first-order valence-corrected chi connectivity index (χ1v) is 23.1. The SMILES string of the molecule is CC(C)C[C@H](NC(=O)[C@H](CCCN=C(N)N)NC(=O)[C@@H]1CCCN1C(=O)[C@H](CCCN=C(N)N)NC(=O)[C@H](Cc1ccccc1)NC(=O)[C@H](CC(C)C)NC(=O)CCc1ccccc1)C(N)=O. The molecule has 67 heavy (non-hydrogen) atoms. The summed E-state index contributed by atoms with van der Waals surface area (Å²) in [6.07, 6.45) is 2.67. The molecular weight excluding hydrogens is 859 g/mol. The van der Waals surface area contributed by atoms with Gasteiger partial charge in [-0.25, -0.2) is 0 Å². The number of primary amides is 1. The van der Waals surface area contributed by atoms with Crippen LogP contribution in [0.15, 0.2) is 70.6 Å². The Morgan fingerprint density at radius 2 is 1.10 bits per heavy atom. The van der Waals surface area contributed by atoms with Crippen molar-refractivity contribution >= 4 is 53.3 Å². The van der Waals surface area contributed by atoms with Crippen LogP contribution in [0.3, 0.4) is 0 Å². The highest BCUT2D eigenvalue weighted by atomic mass is 16.2. The molecule has 20 nitrogen and oxygen atoms in total. The minimum Gasteiger partial charge on any atom is -0.370 e. The van der Waals surface area contributed by atoms with E-state index in [9.17, 15) is 33.6 Å². The van der Waals surface area contributed by atoms with E-state index < -0.39 is 71.7 Å². The average Bonchev–Trinajstić information content (AvgIpc) is 3.77. The lowest BCUT2D eigenvalue weighted by molar-refractivity contribution is -0.142. The Bertz CT molecular complexity index is 1990. The van der Waals surface area contributed by atoms with E-state index in [-0.39, 0.29) is 94.2 Å². The normalized spacial score (nSPS) is 15.6. The smallest absolute Gasteiger partial charge is 0.245 e. The lowest BCUT2D eigenvalue weighted by Crippen LogP contribution is -2.59. The van der Waals surface area contributed by atoms with E-state index in [1.165, 1.54) is 4.90 Å². The predicted molar refractivity (Wildman–Crippen MR) is 257 cm³/mol. The van der Waals surface area contributed by atoms with Crippen molar-refractivity contribution in [3.8, 4) is 0 Å². The molecule has 2 aromatic rings. The first-order chi connectivity index (χ1) is 31.8. The van der Waals surface area contributed by atoms with Gasteiger partial charge in [-0.1, -0.05) is 88.4 Å². The number of nitrogens with one attached hydrogen (secondary N) is 5. The van der Waals surface area contributed by atoms with Gasteiger partial charge in [0.15, 0.2) is 11.9 Å². The van der Waals surface area contributed by atoms with Gasteiger partial charge in [-0.05, 0) is 80.8 Å². The van der Waals surface area contributed by atoms with Crippen molar-refractivity contribution < 1.29 is 33.6 Å². The monoisotopic (exact) mass is 932 g/mol. The number of rotatable bonds is 28. The summed E-state index contributed by atoms with van der Waals surface area (Å²) in [6, 6.07) is 12.1. The van der Waals surface area contributed by atoms with Gasteiger partial charge < -0.3 is 60.2 Å². The van der Waals surface area contributed by atoms with E-state index in [0.717, 1.165) is 11.1 Å². The van der Waals surface area contributed by atoms with Gasteiger partial charge in [0.1, 0.15) is 36.3 Å². The molecule has 7 amide bonds. The summed E-state index contributed by atoms with van der Waals surface area (Å²) < 4.78 is 0. The highest BCUT2D eigenvalue weighted by molar-refractivity contribution is 5.97. The number of carbonyl (C=O) groups is 7. The summed E-state index contributed by atoms with van der Waals surface area (Å²) in [5.74, 6) is -4.36. The van der Waals surface area contributed by atoms with Gasteiger partial charge in [-0.3, -0.25) is 43.5 Å². The summed E-state index contributed by atoms with van der Waals surface area (Å²) in [7, 11) is 0. The van der Waals surface area contributed by atoms with Crippen molar-refractivity contribution in [2.45, 2.75) is 135 Å². The molecule has 1 fully saturated rings. The van der Waals surface area contributed by atoms with Crippen molar-refractivity contribution in [3.63, 3.8) is 0 Å². The second-order valence-electron chi connectivity index (χ2n) is 17.8. The molecule has 1 saturated heterocycles. The molecule has 1 aliphatic rings. The number of hydrogen-bond acceptors (Lipinski definition) is 9. The van der Waals surface area contributed by atoms with Crippen LogP contribution in [0.25, 0.3) is 0 Å². The number of hydrogen-bond donors (Lipinski definition) is 10. The van der Waals surface area contributed by atoms with Gasteiger partial charge in [0.2, 0.25) is 41.4 Å². The zero-order valence-corrected chi connectivity index (χ0v) is 39.4. The van der Waals surface area contributed by atoms with Crippen LogP contribution in [0.5, 0.6) is 0 Å². The third kappa shape index (κ3) is 20.1. The van der Waals surface area contributed by atoms with Crippen LogP contribution in [0.4, 0.5) is 0 Å². The summed E-state index contributed by atoms with van der Waals surface area (Å²) >= 11 is 0. The van der Waals surface area contributed by atoms with Crippen LogP contribution >= 0.6 is 0 Å². The van der Waals surface area contributed by atoms with E-state index in [2.05, 4.69) is 36.6 Å². The molecule has 368 valence electrons. The highest BCUT2D eigenvalue weighted by Crippen LogP contribution is 2.21. The molecule has 6 atom stereocenters. The number of benzene rings is 2. The van der Waals surface area contributed by atoms with Crippen molar-refractivity contribution in [1.82, 2.24) is 31.5 Å².